The number of aryl methyl sites for hydroxylation is 1. The Bertz CT molecular complexity index is 453. The van der Waals surface area contributed by atoms with Crippen molar-refractivity contribution in [2.24, 2.45) is 0 Å². The van der Waals surface area contributed by atoms with Crippen molar-refractivity contribution < 1.29 is 15.0 Å². The van der Waals surface area contributed by atoms with Crippen LogP contribution in [0.5, 0.6) is 0 Å². The largest absolute Gasteiger partial charge is 0.393 e. The van der Waals surface area contributed by atoms with E-state index in [4.69, 9.17) is 5.11 Å². The summed E-state index contributed by atoms with van der Waals surface area (Å²) in [6, 6.07) is 4.78. The van der Waals surface area contributed by atoms with Crippen molar-refractivity contribution in [1.29, 1.82) is 0 Å². The molecule has 1 heterocycles. The Labute approximate surface area is 105 Å². The van der Waals surface area contributed by atoms with E-state index in [2.05, 4.69) is 5.32 Å². The zero-order chi connectivity index (χ0) is 13.6. The van der Waals surface area contributed by atoms with Crippen LogP contribution in [0.4, 0.5) is 0 Å². The molecule has 0 saturated heterocycles. The first-order valence-corrected chi connectivity index (χ1v) is 5.70. The SMILES string of the molecule is CC(O)(CO)CNC(=O)CCn1ccccc1=O. The highest BCUT2D eigenvalue weighted by atomic mass is 16.3. The number of rotatable bonds is 6. The highest BCUT2D eigenvalue weighted by Crippen LogP contribution is 1.98. The molecule has 0 radical (unpaired) electrons. The van der Waals surface area contributed by atoms with E-state index in [9.17, 15) is 14.7 Å². The molecular formula is C12H18N2O4. The molecule has 0 spiro atoms. The first-order valence-electron chi connectivity index (χ1n) is 5.70. The Morgan fingerprint density at radius 2 is 2.22 bits per heavy atom. The standard InChI is InChI=1S/C12H18N2O4/c1-12(18,9-15)8-13-10(16)5-7-14-6-3-2-4-11(14)17/h2-4,6,15,18H,5,7-9H2,1H3,(H,13,16). The quantitative estimate of drug-likeness (QED) is 0.613. The molecule has 1 atom stereocenters. The van der Waals surface area contributed by atoms with E-state index < -0.39 is 12.2 Å². The maximum absolute atomic E-state index is 11.5. The second kappa shape index (κ2) is 6.32. The molecule has 100 valence electrons. The number of amides is 1. The van der Waals surface area contributed by atoms with Crippen LogP contribution in [0.1, 0.15) is 13.3 Å². The number of aliphatic hydroxyl groups excluding tert-OH is 1. The number of nitrogens with zero attached hydrogens (tertiary/aromatic N) is 1. The Morgan fingerprint density at radius 3 is 2.83 bits per heavy atom. The van der Waals surface area contributed by atoms with Gasteiger partial charge in [0.2, 0.25) is 5.91 Å². The molecule has 1 unspecified atom stereocenters. The lowest BCUT2D eigenvalue weighted by molar-refractivity contribution is -0.122. The van der Waals surface area contributed by atoms with Crippen LogP contribution in [-0.4, -0.2) is 39.4 Å². The summed E-state index contributed by atoms with van der Waals surface area (Å²) < 4.78 is 1.43. The second-order valence-electron chi connectivity index (χ2n) is 4.41. The molecule has 1 aromatic heterocycles. The van der Waals surface area contributed by atoms with E-state index in [-0.39, 0.29) is 31.0 Å². The van der Waals surface area contributed by atoms with Crippen molar-refractivity contribution in [1.82, 2.24) is 9.88 Å². The fourth-order valence-electron chi connectivity index (χ4n) is 1.30. The first kappa shape index (κ1) is 14.4. The lowest BCUT2D eigenvalue weighted by Crippen LogP contribution is -2.43. The van der Waals surface area contributed by atoms with Gasteiger partial charge in [-0.2, -0.15) is 0 Å². The highest BCUT2D eigenvalue weighted by Gasteiger charge is 2.19. The number of hydrogen-bond acceptors (Lipinski definition) is 4. The van der Waals surface area contributed by atoms with Crippen LogP contribution in [0.2, 0.25) is 0 Å². The van der Waals surface area contributed by atoms with Crippen molar-refractivity contribution in [2.75, 3.05) is 13.2 Å². The van der Waals surface area contributed by atoms with Crippen molar-refractivity contribution in [3.8, 4) is 0 Å². The molecule has 0 bridgehead atoms. The number of nitrogens with one attached hydrogen (secondary N) is 1. The van der Waals surface area contributed by atoms with Gasteiger partial charge in [0, 0.05) is 31.8 Å². The monoisotopic (exact) mass is 254 g/mol. The fraction of sp³-hybridized carbons (Fsp3) is 0.500. The minimum Gasteiger partial charge on any atom is -0.393 e. The average molecular weight is 254 g/mol. The highest BCUT2D eigenvalue weighted by molar-refractivity contribution is 5.75. The summed E-state index contributed by atoms with van der Waals surface area (Å²) in [7, 11) is 0. The van der Waals surface area contributed by atoms with Gasteiger partial charge in [-0.25, -0.2) is 0 Å². The number of aromatic nitrogens is 1. The number of carbonyl (C=O) groups excluding carboxylic acids is 1. The minimum absolute atomic E-state index is 0.0218. The summed E-state index contributed by atoms with van der Waals surface area (Å²) in [5.74, 6) is -0.278. The maximum atomic E-state index is 11.5. The third kappa shape index (κ3) is 4.68. The predicted molar refractivity (Wildman–Crippen MR) is 66.0 cm³/mol. The molecule has 6 nitrogen and oxygen atoms in total. The van der Waals surface area contributed by atoms with Crippen molar-refractivity contribution >= 4 is 5.91 Å². The van der Waals surface area contributed by atoms with Crippen LogP contribution in [-0.2, 0) is 11.3 Å². The normalized spacial score (nSPS) is 13.9. The van der Waals surface area contributed by atoms with Gasteiger partial charge >= 0.3 is 0 Å². The van der Waals surface area contributed by atoms with Crippen LogP contribution < -0.4 is 10.9 Å². The Hall–Kier alpha value is -1.66. The summed E-state index contributed by atoms with van der Waals surface area (Å²) in [4.78, 5) is 22.8. The van der Waals surface area contributed by atoms with Crippen LogP contribution in [0.3, 0.4) is 0 Å². The zero-order valence-electron chi connectivity index (χ0n) is 10.3. The van der Waals surface area contributed by atoms with E-state index in [1.807, 2.05) is 0 Å². The molecule has 1 amide bonds. The molecular weight excluding hydrogens is 236 g/mol. The van der Waals surface area contributed by atoms with Crippen LogP contribution >= 0.6 is 0 Å². The van der Waals surface area contributed by atoms with E-state index in [0.29, 0.717) is 0 Å². The lowest BCUT2D eigenvalue weighted by Gasteiger charge is -2.20. The lowest BCUT2D eigenvalue weighted by atomic mass is 10.1. The molecule has 3 N–H and O–H groups in total. The van der Waals surface area contributed by atoms with Crippen LogP contribution in [0.15, 0.2) is 29.2 Å². The summed E-state index contributed by atoms with van der Waals surface area (Å²) in [5, 5.41) is 20.8. The molecule has 0 saturated carbocycles. The zero-order valence-corrected chi connectivity index (χ0v) is 10.3. The van der Waals surface area contributed by atoms with E-state index >= 15 is 0 Å². The number of pyridine rings is 1. The first-order chi connectivity index (χ1) is 8.44. The number of hydrogen-bond donors (Lipinski definition) is 3. The van der Waals surface area contributed by atoms with E-state index in [1.54, 1.807) is 18.3 Å². The van der Waals surface area contributed by atoms with Gasteiger partial charge in [-0.3, -0.25) is 9.59 Å². The number of carbonyl (C=O) groups is 1. The Balaban J connectivity index is 2.39. The molecule has 1 aromatic rings. The van der Waals surface area contributed by atoms with Gasteiger partial charge in [-0.05, 0) is 13.0 Å². The Kier molecular flexibility index (Phi) is 5.06. The molecule has 0 aliphatic carbocycles. The van der Waals surface area contributed by atoms with Gasteiger partial charge in [-0.15, -0.1) is 0 Å². The fourth-order valence-corrected chi connectivity index (χ4v) is 1.30. The summed E-state index contributed by atoms with van der Waals surface area (Å²) in [5.41, 5.74) is -1.48. The molecule has 0 aliphatic rings. The van der Waals surface area contributed by atoms with Gasteiger partial charge in [0.05, 0.1) is 6.61 Å². The third-order valence-electron chi connectivity index (χ3n) is 2.49. The molecule has 18 heavy (non-hydrogen) atoms. The summed E-state index contributed by atoms with van der Waals surface area (Å²) in [6.07, 6.45) is 1.75. The van der Waals surface area contributed by atoms with E-state index in [0.717, 1.165) is 0 Å². The minimum atomic E-state index is -1.32. The summed E-state index contributed by atoms with van der Waals surface area (Å²) >= 11 is 0. The van der Waals surface area contributed by atoms with E-state index in [1.165, 1.54) is 17.6 Å². The topological polar surface area (TPSA) is 91.6 Å². The van der Waals surface area contributed by atoms with Gasteiger partial charge < -0.3 is 20.1 Å². The predicted octanol–water partition coefficient (Wildman–Crippen LogP) is -0.902. The number of aliphatic hydroxyl groups is 2. The van der Waals surface area contributed by atoms with Gasteiger partial charge in [0.25, 0.3) is 5.56 Å². The van der Waals surface area contributed by atoms with Gasteiger partial charge in [-0.1, -0.05) is 6.07 Å². The average Bonchev–Trinajstić information content (AvgIpc) is 2.35. The third-order valence-corrected chi connectivity index (χ3v) is 2.49. The molecule has 1 rings (SSSR count). The second-order valence-corrected chi connectivity index (χ2v) is 4.41. The van der Waals surface area contributed by atoms with Gasteiger partial charge in [0.1, 0.15) is 5.60 Å². The maximum Gasteiger partial charge on any atom is 0.250 e. The molecule has 0 aliphatic heterocycles. The van der Waals surface area contributed by atoms with Crippen LogP contribution in [0.25, 0.3) is 0 Å². The Morgan fingerprint density at radius 1 is 1.50 bits per heavy atom. The van der Waals surface area contributed by atoms with Crippen LogP contribution in [0, 0.1) is 0 Å². The molecule has 0 aromatic carbocycles. The molecule has 0 fully saturated rings. The van der Waals surface area contributed by atoms with Gasteiger partial charge in [0.15, 0.2) is 0 Å². The molecule has 6 heteroatoms. The van der Waals surface area contributed by atoms with Crippen molar-refractivity contribution in [3.63, 3.8) is 0 Å². The van der Waals surface area contributed by atoms with Crippen molar-refractivity contribution in [3.05, 3.63) is 34.7 Å². The van der Waals surface area contributed by atoms with Crippen molar-refractivity contribution in [2.45, 2.75) is 25.5 Å². The smallest absolute Gasteiger partial charge is 0.250 e. The summed E-state index contributed by atoms with van der Waals surface area (Å²) in [6.45, 7) is 1.26.